The summed E-state index contributed by atoms with van der Waals surface area (Å²) in [5.41, 5.74) is 2.15. The molecule has 0 amide bonds. The Morgan fingerprint density at radius 3 is 2.75 bits per heavy atom. The Kier molecular flexibility index (Phi) is 3.90. The van der Waals surface area contributed by atoms with Gasteiger partial charge in [0.1, 0.15) is 7.05 Å². The first kappa shape index (κ1) is 13.0. The topological polar surface area (TPSA) is 43.3 Å². The zero-order valence-corrected chi connectivity index (χ0v) is 11.4. The lowest BCUT2D eigenvalue weighted by atomic mass is 10.2. The second-order valence-electron chi connectivity index (χ2n) is 3.35. The minimum absolute atomic E-state index is 0. The van der Waals surface area contributed by atoms with Crippen molar-refractivity contribution in [3.8, 4) is 0 Å². The van der Waals surface area contributed by atoms with Gasteiger partial charge in [0.05, 0.1) is 19.6 Å². The van der Waals surface area contributed by atoms with Crippen molar-refractivity contribution in [3.63, 3.8) is 0 Å². The van der Waals surface area contributed by atoms with E-state index in [1.807, 2.05) is 24.6 Å². The van der Waals surface area contributed by atoms with Crippen molar-refractivity contribution < 1.29 is 42.5 Å². The molecule has 0 saturated heterocycles. The maximum absolute atomic E-state index is 11.3. The molecule has 5 heteroatoms. The summed E-state index contributed by atoms with van der Waals surface area (Å²) < 4.78 is 12.1. The molecule has 0 radical (unpaired) electrons. The number of nitrogens with zero attached hydrogens (tertiary/aromatic N) is 1. The number of benzene rings is 1. The Morgan fingerprint density at radius 1 is 1.44 bits per heavy atom. The summed E-state index contributed by atoms with van der Waals surface area (Å²) in [6.45, 7) is 1.87. The van der Waals surface area contributed by atoms with Gasteiger partial charge in [-0.1, -0.05) is 0 Å². The molecular weight excluding hydrogens is 321 g/mol. The molecule has 0 fully saturated rings. The fourth-order valence-electron chi connectivity index (χ4n) is 1.52. The first-order valence-electron chi connectivity index (χ1n) is 4.61. The van der Waals surface area contributed by atoms with Gasteiger partial charge in [0.2, 0.25) is 5.58 Å². The molecule has 2 aromatic rings. The number of fused-ring (bicyclic) bond motifs is 1. The smallest absolute Gasteiger partial charge is 0.344 e. The molecule has 4 nitrogen and oxygen atoms in total. The van der Waals surface area contributed by atoms with Gasteiger partial charge < -0.3 is 33.1 Å². The van der Waals surface area contributed by atoms with E-state index in [2.05, 4.69) is 4.74 Å². The standard InChI is InChI=1S/C11H12NO3.HI/c1-7-12(2)9-5-4-8(11(13)14-3)6-10(9)15-7;/h4-6H,1-3H3;1H/q+1;/p-1. The van der Waals surface area contributed by atoms with Crippen LogP contribution in [0.4, 0.5) is 0 Å². The van der Waals surface area contributed by atoms with E-state index in [0.717, 1.165) is 11.4 Å². The quantitative estimate of drug-likeness (QED) is 0.357. The molecule has 0 N–H and O–H groups in total. The van der Waals surface area contributed by atoms with Crippen LogP contribution in [0.25, 0.3) is 11.1 Å². The van der Waals surface area contributed by atoms with Crippen LogP contribution in [-0.2, 0) is 11.8 Å². The third-order valence-corrected chi connectivity index (χ3v) is 2.47. The zero-order valence-electron chi connectivity index (χ0n) is 9.28. The number of carbonyl (C=O) groups is 1. The average Bonchev–Trinajstić information content (AvgIpc) is 2.53. The average molecular weight is 333 g/mol. The lowest BCUT2D eigenvalue weighted by Crippen LogP contribution is -3.00. The Balaban J connectivity index is 0.00000128. The second kappa shape index (κ2) is 4.82. The molecule has 0 aliphatic carbocycles. The summed E-state index contributed by atoms with van der Waals surface area (Å²) >= 11 is 0. The number of esters is 1. The van der Waals surface area contributed by atoms with Crippen molar-refractivity contribution in [1.29, 1.82) is 0 Å². The van der Waals surface area contributed by atoms with E-state index >= 15 is 0 Å². The molecular formula is C11H12INO3. The number of halogens is 1. The van der Waals surface area contributed by atoms with Crippen molar-refractivity contribution in [1.82, 2.24) is 0 Å². The molecule has 86 valence electrons. The van der Waals surface area contributed by atoms with E-state index in [1.165, 1.54) is 7.11 Å². The van der Waals surface area contributed by atoms with E-state index in [4.69, 9.17) is 4.42 Å². The molecule has 0 aliphatic heterocycles. The summed E-state index contributed by atoms with van der Waals surface area (Å²) in [5, 5.41) is 0. The van der Waals surface area contributed by atoms with Gasteiger partial charge in [0, 0.05) is 12.1 Å². The molecule has 0 aliphatic rings. The number of rotatable bonds is 1. The number of methoxy groups -OCH3 is 1. The first-order valence-corrected chi connectivity index (χ1v) is 4.61. The van der Waals surface area contributed by atoms with Crippen LogP contribution in [0.3, 0.4) is 0 Å². The Hall–Kier alpha value is -1.11. The predicted octanol–water partition coefficient (Wildman–Crippen LogP) is -1.64. The van der Waals surface area contributed by atoms with Gasteiger partial charge >= 0.3 is 11.9 Å². The minimum atomic E-state index is -0.353. The third-order valence-electron chi connectivity index (χ3n) is 2.47. The Labute approximate surface area is 110 Å². The molecule has 0 bridgehead atoms. The summed E-state index contributed by atoms with van der Waals surface area (Å²) in [7, 11) is 3.28. The highest BCUT2D eigenvalue weighted by Gasteiger charge is 2.16. The van der Waals surface area contributed by atoms with Gasteiger partial charge in [-0.15, -0.1) is 0 Å². The van der Waals surface area contributed by atoms with E-state index < -0.39 is 0 Å². The molecule has 2 rings (SSSR count). The molecule has 1 aromatic carbocycles. The second-order valence-corrected chi connectivity index (χ2v) is 3.35. The third kappa shape index (κ3) is 2.04. The molecule has 0 saturated carbocycles. The number of oxazole rings is 1. The summed E-state index contributed by atoms with van der Waals surface area (Å²) in [5.74, 6) is 0.445. The van der Waals surface area contributed by atoms with Crippen LogP contribution < -0.4 is 28.5 Å². The highest BCUT2D eigenvalue weighted by Crippen LogP contribution is 2.15. The zero-order chi connectivity index (χ0) is 11.0. The van der Waals surface area contributed by atoms with Gasteiger partial charge in [-0.25, -0.2) is 4.79 Å². The maximum atomic E-state index is 11.3. The fourth-order valence-corrected chi connectivity index (χ4v) is 1.52. The van der Waals surface area contributed by atoms with Crippen molar-refractivity contribution in [2.24, 2.45) is 7.05 Å². The van der Waals surface area contributed by atoms with E-state index in [9.17, 15) is 4.79 Å². The van der Waals surface area contributed by atoms with Crippen LogP contribution in [0, 0.1) is 6.92 Å². The SMILES string of the molecule is COC(=O)c1ccc2c(c1)oc(C)[n+]2C.[I-]. The van der Waals surface area contributed by atoms with Gasteiger partial charge in [-0.3, -0.25) is 0 Å². The highest BCUT2D eigenvalue weighted by atomic mass is 127. The van der Waals surface area contributed by atoms with Crippen LogP contribution in [0.15, 0.2) is 22.6 Å². The van der Waals surface area contributed by atoms with Crippen LogP contribution in [0.1, 0.15) is 16.2 Å². The van der Waals surface area contributed by atoms with Gasteiger partial charge in [-0.2, -0.15) is 4.57 Å². The Morgan fingerprint density at radius 2 is 2.12 bits per heavy atom. The van der Waals surface area contributed by atoms with Crippen molar-refractivity contribution in [3.05, 3.63) is 29.7 Å². The van der Waals surface area contributed by atoms with Crippen LogP contribution in [-0.4, -0.2) is 13.1 Å². The number of aryl methyl sites for hydroxylation is 2. The van der Waals surface area contributed by atoms with E-state index in [-0.39, 0.29) is 29.9 Å². The van der Waals surface area contributed by atoms with Crippen molar-refractivity contribution in [2.45, 2.75) is 6.92 Å². The first-order chi connectivity index (χ1) is 7.13. The van der Waals surface area contributed by atoms with Crippen molar-refractivity contribution in [2.75, 3.05) is 7.11 Å². The molecule has 1 heterocycles. The highest BCUT2D eigenvalue weighted by molar-refractivity contribution is 5.92. The lowest BCUT2D eigenvalue weighted by Gasteiger charge is -1.95. The molecule has 16 heavy (non-hydrogen) atoms. The van der Waals surface area contributed by atoms with E-state index in [0.29, 0.717) is 11.1 Å². The Bertz CT molecular complexity index is 533. The predicted molar refractivity (Wildman–Crippen MR) is 53.5 cm³/mol. The number of hydrogen-bond donors (Lipinski definition) is 0. The molecule has 1 aromatic heterocycles. The lowest BCUT2D eigenvalue weighted by molar-refractivity contribution is -0.657. The normalized spacial score (nSPS) is 9.94. The number of carbonyl (C=O) groups excluding carboxylic acids is 1. The monoisotopic (exact) mass is 333 g/mol. The van der Waals surface area contributed by atoms with Gasteiger partial charge in [-0.05, 0) is 6.07 Å². The minimum Gasteiger partial charge on any atom is -1.00 e. The summed E-state index contributed by atoms with van der Waals surface area (Å²) in [6.07, 6.45) is 0. The number of aromatic nitrogens is 1. The summed E-state index contributed by atoms with van der Waals surface area (Å²) in [6, 6.07) is 5.26. The number of hydrogen-bond acceptors (Lipinski definition) is 3. The fraction of sp³-hybridized carbons (Fsp3) is 0.273. The van der Waals surface area contributed by atoms with Crippen molar-refractivity contribution >= 4 is 17.1 Å². The van der Waals surface area contributed by atoms with Crippen LogP contribution in [0.5, 0.6) is 0 Å². The molecule has 0 atom stereocenters. The van der Waals surface area contributed by atoms with Crippen LogP contribution >= 0.6 is 0 Å². The molecule has 0 unspecified atom stereocenters. The number of ether oxygens (including phenoxy) is 1. The van der Waals surface area contributed by atoms with Gasteiger partial charge in [0.25, 0.3) is 5.52 Å². The maximum Gasteiger partial charge on any atom is 0.344 e. The molecule has 0 spiro atoms. The largest absolute Gasteiger partial charge is 1.00 e. The van der Waals surface area contributed by atoms with E-state index in [1.54, 1.807) is 12.1 Å². The van der Waals surface area contributed by atoms with Gasteiger partial charge in [0.15, 0.2) is 0 Å². The van der Waals surface area contributed by atoms with Crippen LogP contribution in [0.2, 0.25) is 0 Å². The summed E-state index contributed by atoms with van der Waals surface area (Å²) in [4.78, 5) is 11.3.